The van der Waals surface area contributed by atoms with Gasteiger partial charge in [-0.25, -0.2) is 0 Å². The van der Waals surface area contributed by atoms with E-state index in [9.17, 15) is 4.79 Å². The SMILES string of the molecule is Cc1ccc(C(=O)n2cc(-c3ccccc3)[nH]c2=S)cc1. The summed E-state index contributed by atoms with van der Waals surface area (Å²) in [7, 11) is 0. The highest BCUT2D eigenvalue weighted by Gasteiger charge is 2.11. The minimum Gasteiger partial charge on any atom is -0.330 e. The summed E-state index contributed by atoms with van der Waals surface area (Å²) in [6, 6.07) is 17.3. The van der Waals surface area contributed by atoms with Crippen molar-refractivity contribution < 1.29 is 4.79 Å². The van der Waals surface area contributed by atoms with E-state index in [-0.39, 0.29) is 5.91 Å². The Labute approximate surface area is 127 Å². The molecule has 0 unspecified atom stereocenters. The van der Waals surface area contributed by atoms with E-state index in [1.165, 1.54) is 4.57 Å². The average molecular weight is 294 g/mol. The Hall–Kier alpha value is -2.46. The molecule has 0 atom stereocenters. The first-order chi connectivity index (χ1) is 10.1. The van der Waals surface area contributed by atoms with E-state index < -0.39 is 0 Å². The number of H-pyrrole nitrogens is 1. The summed E-state index contributed by atoms with van der Waals surface area (Å²) in [5, 5.41) is 0. The molecule has 0 spiro atoms. The van der Waals surface area contributed by atoms with Gasteiger partial charge in [0.15, 0.2) is 4.77 Å². The van der Waals surface area contributed by atoms with Gasteiger partial charge in [0.25, 0.3) is 5.91 Å². The molecule has 3 rings (SSSR count). The summed E-state index contributed by atoms with van der Waals surface area (Å²) in [6.45, 7) is 1.99. The predicted octanol–water partition coefficient (Wildman–Crippen LogP) is 4.21. The lowest BCUT2D eigenvalue weighted by atomic mass is 10.1. The summed E-state index contributed by atoms with van der Waals surface area (Å²) in [4.78, 5) is 15.6. The van der Waals surface area contributed by atoms with Gasteiger partial charge in [-0.15, -0.1) is 0 Å². The molecule has 1 N–H and O–H groups in total. The van der Waals surface area contributed by atoms with Crippen LogP contribution in [0.4, 0.5) is 0 Å². The second-order valence-corrected chi connectivity index (χ2v) is 5.27. The lowest BCUT2D eigenvalue weighted by Crippen LogP contribution is -2.10. The van der Waals surface area contributed by atoms with Crippen molar-refractivity contribution in [3.63, 3.8) is 0 Å². The maximum absolute atomic E-state index is 12.5. The van der Waals surface area contributed by atoms with Crippen molar-refractivity contribution in [1.29, 1.82) is 0 Å². The Kier molecular flexibility index (Phi) is 3.54. The van der Waals surface area contributed by atoms with Crippen molar-refractivity contribution >= 4 is 18.1 Å². The highest BCUT2D eigenvalue weighted by Crippen LogP contribution is 2.17. The molecule has 4 heteroatoms. The minimum atomic E-state index is -0.126. The van der Waals surface area contributed by atoms with Crippen LogP contribution in [0.25, 0.3) is 11.3 Å². The van der Waals surface area contributed by atoms with E-state index in [0.717, 1.165) is 16.8 Å². The molecule has 2 aromatic carbocycles. The first-order valence-corrected chi connectivity index (χ1v) is 7.04. The van der Waals surface area contributed by atoms with Gasteiger partial charge in [-0.2, -0.15) is 0 Å². The summed E-state index contributed by atoms with van der Waals surface area (Å²) in [6.07, 6.45) is 1.75. The molecule has 1 aromatic heterocycles. The van der Waals surface area contributed by atoms with Crippen LogP contribution in [0.1, 0.15) is 15.9 Å². The lowest BCUT2D eigenvalue weighted by Gasteiger charge is -2.01. The van der Waals surface area contributed by atoms with E-state index in [1.54, 1.807) is 6.20 Å². The van der Waals surface area contributed by atoms with Gasteiger partial charge in [0.05, 0.1) is 5.69 Å². The van der Waals surface area contributed by atoms with Crippen LogP contribution in [0.2, 0.25) is 0 Å². The number of aryl methyl sites for hydroxylation is 1. The molecule has 0 saturated carbocycles. The zero-order valence-corrected chi connectivity index (χ0v) is 12.4. The number of nitrogens with zero attached hydrogens (tertiary/aromatic N) is 1. The van der Waals surface area contributed by atoms with E-state index in [4.69, 9.17) is 12.2 Å². The van der Waals surface area contributed by atoms with Crippen molar-refractivity contribution in [3.8, 4) is 11.3 Å². The van der Waals surface area contributed by atoms with E-state index in [2.05, 4.69) is 4.98 Å². The van der Waals surface area contributed by atoms with E-state index in [0.29, 0.717) is 10.3 Å². The molecule has 0 saturated heterocycles. The van der Waals surface area contributed by atoms with Crippen LogP contribution in [-0.4, -0.2) is 15.5 Å². The molecule has 0 amide bonds. The zero-order valence-electron chi connectivity index (χ0n) is 11.5. The van der Waals surface area contributed by atoms with Gasteiger partial charge in [0.1, 0.15) is 0 Å². The molecule has 0 aliphatic carbocycles. The molecule has 3 aromatic rings. The Bertz CT molecular complexity index is 829. The number of imidazole rings is 1. The number of rotatable bonds is 2. The number of carbonyl (C=O) groups excluding carboxylic acids is 1. The molecule has 0 radical (unpaired) electrons. The molecule has 0 aliphatic heterocycles. The average Bonchev–Trinajstić information content (AvgIpc) is 2.90. The van der Waals surface area contributed by atoms with Crippen LogP contribution in [-0.2, 0) is 0 Å². The molecule has 1 heterocycles. The van der Waals surface area contributed by atoms with Crippen molar-refractivity contribution in [3.05, 3.63) is 76.7 Å². The summed E-state index contributed by atoms with van der Waals surface area (Å²) in [5.74, 6) is -0.126. The van der Waals surface area contributed by atoms with Crippen LogP contribution < -0.4 is 0 Å². The van der Waals surface area contributed by atoms with Gasteiger partial charge < -0.3 is 4.98 Å². The summed E-state index contributed by atoms with van der Waals surface area (Å²) >= 11 is 5.26. The molecular weight excluding hydrogens is 280 g/mol. The Morgan fingerprint density at radius 3 is 2.38 bits per heavy atom. The maximum atomic E-state index is 12.5. The van der Waals surface area contributed by atoms with Crippen LogP contribution in [0.3, 0.4) is 0 Å². The van der Waals surface area contributed by atoms with Gasteiger partial charge in [-0.1, -0.05) is 48.0 Å². The standard InChI is InChI=1S/C17H14N2OS/c1-12-7-9-14(10-8-12)16(20)19-11-15(18-17(19)21)13-5-3-2-4-6-13/h2-11H,1H3,(H,18,21). The second-order valence-electron chi connectivity index (χ2n) is 4.88. The van der Waals surface area contributed by atoms with Gasteiger partial charge >= 0.3 is 0 Å². The topological polar surface area (TPSA) is 37.8 Å². The third-order valence-electron chi connectivity index (χ3n) is 3.32. The molecule has 0 fully saturated rings. The highest BCUT2D eigenvalue weighted by atomic mass is 32.1. The number of benzene rings is 2. The molecule has 21 heavy (non-hydrogen) atoms. The van der Waals surface area contributed by atoms with Crippen LogP contribution >= 0.6 is 12.2 Å². The zero-order chi connectivity index (χ0) is 14.8. The third kappa shape index (κ3) is 2.71. The number of hydrogen-bond donors (Lipinski definition) is 1. The normalized spacial score (nSPS) is 10.5. The smallest absolute Gasteiger partial charge is 0.264 e. The summed E-state index contributed by atoms with van der Waals surface area (Å²) < 4.78 is 1.88. The largest absolute Gasteiger partial charge is 0.330 e. The molecule has 0 aliphatic rings. The van der Waals surface area contributed by atoms with Gasteiger partial charge in [-0.3, -0.25) is 9.36 Å². The third-order valence-corrected chi connectivity index (χ3v) is 3.62. The first-order valence-electron chi connectivity index (χ1n) is 6.63. The van der Waals surface area contributed by atoms with E-state index >= 15 is 0 Å². The number of aromatic amines is 1. The number of aromatic nitrogens is 2. The van der Waals surface area contributed by atoms with Gasteiger partial charge in [-0.05, 0) is 36.8 Å². The fraction of sp³-hybridized carbons (Fsp3) is 0.0588. The van der Waals surface area contributed by atoms with Crippen molar-refractivity contribution in [2.45, 2.75) is 6.92 Å². The Morgan fingerprint density at radius 2 is 1.71 bits per heavy atom. The Morgan fingerprint density at radius 1 is 1.05 bits per heavy atom. The van der Waals surface area contributed by atoms with E-state index in [1.807, 2.05) is 61.5 Å². The monoisotopic (exact) mass is 294 g/mol. The van der Waals surface area contributed by atoms with Crippen LogP contribution in [0.15, 0.2) is 60.8 Å². The van der Waals surface area contributed by atoms with Crippen molar-refractivity contribution in [1.82, 2.24) is 9.55 Å². The van der Waals surface area contributed by atoms with Gasteiger partial charge in [0.2, 0.25) is 0 Å². The van der Waals surface area contributed by atoms with Crippen LogP contribution in [0, 0.1) is 11.7 Å². The maximum Gasteiger partial charge on any atom is 0.264 e. The van der Waals surface area contributed by atoms with Crippen LogP contribution in [0.5, 0.6) is 0 Å². The second kappa shape index (κ2) is 5.50. The highest BCUT2D eigenvalue weighted by molar-refractivity contribution is 7.71. The molecular formula is C17H14N2OS. The lowest BCUT2D eigenvalue weighted by molar-refractivity contribution is 0.0958. The molecule has 0 bridgehead atoms. The van der Waals surface area contributed by atoms with Crippen molar-refractivity contribution in [2.75, 3.05) is 0 Å². The van der Waals surface area contributed by atoms with Gasteiger partial charge in [0, 0.05) is 11.8 Å². The fourth-order valence-corrected chi connectivity index (χ4v) is 2.39. The van der Waals surface area contributed by atoms with Crippen molar-refractivity contribution in [2.24, 2.45) is 0 Å². The Balaban J connectivity index is 2.00. The number of carbonyl (C=O) groups is 1. The molecule has 3 nitrogen and oxygen atoms in total. The summed E-state index contributed by atoms with van der Waals surface area (Å²) in [5.41, 5.74) is 3.57. The predicted molar refractivity (Wildman–Crippen MR) is 86.0 cm³/mol. The first kappa shape index (κ1) is 13.5. The molecule has 104 valence electrons. The number of hydrogen-bond acceptors (Lipinski definition) is 2. The quantitative estimate of drug-likeness (QED) is 0.719. The fourth-order valence-electron chi connectivity index (χ4n) is 2.15. The minimum absolute atomic E-state index is 0.126. The number of nitrogens with one attached hydrogen (secondary N) is 1.